The molecular formula is C49H31NO2. The highest BCUT2D eigenvalue weighted by atomic mass is 16.3. The van der Waals surface area contributed by atoms with E-state index in [1.54, 1.807) is 0 Å². The van der Waals surface area contributed by atoms with Crippen LogP contribution in [0.5, 0.6) is 0 Å². The number of hydrogen-bond donors (Lipinski definition) is 0. The van der Waals surface area contributed by atoms with Gasteiger partial charge in [0.25, 0.3) is 0 Å². The summed E-state index contributed by atoms with van der Waals surface area (Å²) in [6.07, 6.45) is 0. The summed E-state index contributed by atoms with van der Waals surface area (Å²) in [6, 6.07) is 54.9. The lowest BCUT2D eigenvalue weighted by Gasteiger charge is -2.26. The van der Waals surface area contributed by atoms with Gasteiger partial charge in [0.2, 0.25) is 0 Å². The lowest BCUT2D eigenvalue weighted by molar-refractivity contribution is 0.661. The minimum atomic E-state index is -0.170. The van der Waals surface area contributed by atoms with Crippen LogP contribution in [0.3, 0.4) is 0 Å². The second-order valence-electron chi connectivity index (χ2n) is 14.9. The van der Waals surface area contributed by atoms with Gasteiger partial charge in [0.1, 0.15) is 22.3 Å². The van der Waals surface area contributed by atoms with E-state index in [4.69, 9.17) is 8.83 Å². The Hall–Kier alpha value is -6.58. The van der Waals surface area contributed by atoms with Crippen LogP contribution in [0.1, 0.15) is 25.0 Å². The molecule has 244 valence electrons. The monoisotopic (exact) mass is 665 g/mol. The highest BCUT2D eigenvalue weighted by Crippen LogP contribution is 2.59. The summed E-state index contributed by atoms with van der Waals surface area (Å²) in [5.41, 5.74) is 17.1. The van der Waals surface area contributed by atoms with Gasteiger partial charge in [-0.2, -0.15) is 0 Å². The first-order valence-corrected chi connectivity index (χ1v) is 18.0. The highest BCUT2D eigenvalue weighted by Gasteiger charge is 2.40. The van der Waals surface area contributed by atoms with Crippen molar-refractivity contribution in [2.45, 2.75) is 19.3 Å². The molecule has 3 nitrogen and oxygen atoms in total. The maximum absolute atomic E-state index is 6.53. The molecular weight excluding hydrogens is 635 g/mol. The number of nitrogens with zero attached hydrogens (tertiary/aromatic N) is 1. The van der Waals surface area contributed by atoms with Crippen LogP contribution in [0.15, 0.2) is 160 Å². The fraction of sp³-hybridized carbons (Fsp3) is 0.0612. The van der Waals surface area contributed by atoms with Gasteiger partial charge in [-0.3, -0.25) is 0 Å². The first kappa shape index (κ1) is 28.2. The van der Waals surface area contributed by atoms with Gasteiger partial charge in [0.15, 0.2) is 0 Å². The number of anilines is 3. The third kappa shape index (κ3) is 3.60. The van der Waals surface area contributed by atoms with Crippen molar-refractivity contribution in [3.05, 3.63) is 163 Å². The van der Waals surface area contributed by atoms with Crippen LogP contribution in [-0.4, -0.2) is 0 Å². The maximum Gasteiger partial charge on any atom is 0.137 e. The number of furan rings is 2. The first-order valence-electron chi connectivity index (χ1n) is 18.0. The van der Waals surface area contributed by atoms with Crippen molar-refractivity contribution in [3.8, 4) is 33.4 Å². The summed E-state index contributed by atoms with van der Waals surface area (Å²) < 4.78 is 12.9. The van der Waals surface area contributed by atoms with Crippen LogP contribution >= 0.6 is 0 Å². The Morgan fingerprint density at radius 3 is 2.08 bits per heavy atom. The summed E-state index contributed by atoms with van der Waals surface area (Å²) in [4.78, 5) is 2.33. The molecule has 0 bridgehead atoms. The van der Waals surface area contributed by atoms with Crippen molar-refractivity contribution in [3.63, 3.8) is 0 Å². The molecule has 0 saturated carbocycles. The molecule has 0 N–H and O–H groups in total. The van der Waals surface area contributed by atoms with Gasteiger partial charge in [0.05, 0.1) is 0 Å². The summed E-state index contributed by atoms with van der Waals surface area (Å²) in [5.74, 6) is 0. The first-order chi connectivity index (χ1) is 25.5. The Morgan fingerprint density at radius 2 is 1.15 bits per heavy atom. The predicted octanol–water partition coefficient (Wildman–Crippen LogP) is 14.1. The van der Waals surface area contributed by atoms with E-state index in [0.717, 1.165) is 50.2 Å². The molecule has 0 aliphatic heterocycles. The van der Waals surface area contributed by atoms with Crippen molar-refractivity contribution >= 4 is 71.7 Å². The van der Waals surface area contributed by atoms with Crippen LogP contribution in [0.2, 0.25) is 0 Å². The summed E-state index contributed by atoms with van der Waals surface area (Å²) in [6.45, 7) is 4.77. The third-order valence-electron chi connectivity index (χ3n) is 11.7. The van der Waals surface area contributed by atoms with E-state index >= 15 is 0 Å². The molecule has 3 heteroatoms. The van der Waals surface area contributed by atoms with E-state index in [1.165, 1.54) is 66.1 Å². The summed E-state index contributed by atoms with van der Waals surface area (Å²) in [7, 11) is 0. The zero-order valence-corrected chi connectivity index (χ0v) is 28.7. The highest BCUT2D eigenvalue weighted by molar-refractivity contribution is 6.30. The SMILES string of the molecule is CC1(C)c2cc(-c3cccc(N(c4ccccc4)c4ccc5c(c4)oc4ccccc45)c3)cc3c2-c2c1ccc1ccc4oc5cccc-3c5c4c21. The molecule has 0 unspecified atom stereocenters. The molecule has 0 amide bonds. The largest absolute Gasteiger partial charge is 0.456 e. The lowest BCUT2D eigenvalue weighted by Crippen LogP contribution is -2.15. The smallest absolute Gasteiger partial charge is 0.137 e. The fourth-order valence-electron chi connectivity index (χ4n) is 9.36. The lowest BCUT2D eigenvalue weighted by atomic mass is 9.80. The van der Waals surface area contributed by atoms with E-state index in [1.807, 2.05) is 12.1 Å². The van der Waals surface area contributed by atoms with Gasteiger partial charge in [-0.1, -0.05) is 92.7 Å². The zero-order valence-electron chi connectivity index (χ0n) is 28.7. The van der Waals surface area contributed by atoms with Gasteiger partial charge in [-0.15, -0.1) is 0 Å². The molecule has 2 aliphatic carbocycles. The minimum Gasteiger partial charge on any atom is -0.456 e. The standard InChI is InChI=1S/C49H31NO2/c1-49(2)38-22-18-28-19-23-42-48-44(28)47(38)45-37(36-15-9-17-41(52-42)46(36)48)25-30(26-39(45)49)29-10-8-13-32(24-29)50(31-11-4-3-5-12-31)33-20-21-35-34-14-6-7-16-40(34)51-43(35)27-33/h3-27H,1-2H3. The Labute approximate surface area is 299 Å². The Morgan fingerprint density at radius 1 is 0.423 bits per heavy atom. The van der Waals surface area contributed by atoms with Crippen LogP contribution in [0.4, 0.5) is 17.1 Å². The molecule has 0 spiro atoms. The van der Waals surface area contributed by atoms with Gasteiger partial charge in [-0.05, 0) is 117 Å². The number of benzene rings is 8. The maximum atomic E-state index is 6.53. The molecule has 2 aliphatic rings. The van der Waals surface area contributed by atoms with Crippen molar-refractivity contribution in [1.82, 2.24) is 0 Å². The molecule has 0 atom stereocenters. The quantitative estimate of drug-likeness (QED) is 0.187. The molecule has 2 aromatic heterocycles. The summed E-state index contributed by atoms with van der Waals surface area (Å²) in [5, 5.41) is 7.29. The van der Waals surface area contributed by atoms with Crippen molar-refractivity contribution < 1.29 is 8.83 Å². The average molecular weight is 666 g/mol. The Balaban J connectivity index is 1.09. The normalized spacial score (nSPS) is 13.7. The molecule has 10 aromatic rings. The van der Waals surface area contributed by atoms with Crippen LogP contribution < -0.4 is 4.90 Å². The predicted molar refractivity (Wildman–Crippen MR) is 215 cm³/mol. The van der Waals surface area contributed by atoms with E-state index in [0.29, 0.717) is 0 Å². The Bertz CT molecular complexity index is 3160. The molecule has 2 heterocycles. The number of fused-ring (bicyclic) bond motifs is 4. The van der Waals surface area contributed by atoms with Gasteiger partial charge >= 0.3 is 0 Å². The molecule has 0 fully saturated rings. The van der Waals surface area contributed by atoms with Crippen molar-refractivity contribution in [2.75, 3.05) is 4.90 Å². The second-order valence-corrected chi connectivity index (χ2v) is 14.9. The topological polar surface area (TPSA) is 29.5 Å². The molecule has 0 saturated heterocycles. The van der Waals surface area contributed by atoms with Crippen molar-refractivity contribution in [1.29, 1.82) is 0 Å². The molecule has 8 aromatic carbocycles. The zero-order chi connectivity index (χ0) is 34.3. The van der Waals surface area contributed by atoms with E-state index in [2.05, 4.69) is 158 Å². The van der Waals surface area contributed by atoms with E-state index < -0.39 is 0 Å². The number of para-hydroxylation sites is 2. The Kier molecular flexibility index (Phi) is 5.31. The van der Waals surface area contributed by atoms with E-state index in [-0.39, 0.29) is 5.41 Å². The average Bonchev–Trinajstić information content (AvgIpc) is 3.79. The van der Waals surface area contributed by atoms with E-state index in [9.17, 15) is 0 Å². The molecule has 12 rings (SSSR count). The fourth-order valence-corrected chi connectivity index (χ4v) is 9.36. The second kappa shape index (κ2) is 9.80. The summed E-state index contributed by atoms with van der Waals surface area (Å²) >= 11 is 0. The number of rotatable bonds is 4. The number of hydrogen-bond acceptors (Lipinski definition) is 3. The van der Waals surface area contributed by atoms with Crippen LogP contribution in [-0.2, 0) is 5.41 Å². The molecule has 0 radical (unpaired) electrons. The molecule has 52 heavy (non-hydrogen) atoms. The van der Waals surface area contributed by atoms with Gasteiger partial charge in [0, 0.05) is 55.5 Å². The van der Waals surface area contributed by atoms with Crippen LogP contribution in [0.25, 0.3) is 88.0 Å². The third-order valence-corrected chi connectivity index (χ3v) is 11.7. The van der Waals surface area contributed by atoms with Crippen LogP contribution in [0, 0.1) is 0 Å². The minimum absolute atomic E-state index is 0.170. The van der Waals surface area contributed by atoms with Gasteiger partial charge in [-0.25, -0.2) is 0 Å². The van der Waals surface area contributed by atoms with Crippen molar-refractivity contribution in [2.24, 2.45) is 0 Å². The van der Waals surface area contributed by atoms with Gasteiger partial charge < -0.3 is 13.7 Å².